The fraction of sp³-hybridized carbons (Fsp3) is 0.0667. The highest BCUT2D eigenvalue weighted by Crippen LogP contribution is 2.28. The van der Waals surface area contributed by atoms with Crippen molar-refractivity contribution in [3.63, 3.8) is 0 Å². The lowest BCUT2D eigenvalue weighted by Crippen LogP contribution is -1.87. The third-order valence-corrected chi connectivity index (χ3v) is 4.45. The van der Waals surface area contributed by atoms with E-state index in [0.717, 1.165) is 15.6 Å². The molecule has 0 aliphatic heterocycles. The molecule has 0 saturated carbocycles. The maximum atomic E-state index is 5.77. The molecule has 106 valence electrons. The van der Waals surface area contributed by atoms with E-state index >= 15 is 0 Å². The van der Waals surface area contributed by atoms with Gasteiger partial charge in [-0.15, -0.1) is 11.8 Å². The van der Waals surface area contributed by atoms with Crippen molar-refractivity contribution in [1.29, 1.82) is 0 Å². The molecule has 4 nitrogen and oxygen atoms in total. The molecular weight excluding hydrogens is 350 g/mol. The molecule has 1 aromatic heterocycles. The van der Waals surface area contributed by atoms with Gasteiger partial charge in [-0.05, 0) is 64.7 Å². The van der Waals surface area contributed by atoms with Crippen LogP contribution in [0.15, 0.2) is 56.4 Å². The second-order valence-corrected chi connectivity index (χ2v) is 6.12. The Morgan fingerprint density at radius 3 is 2.48 bits per heavy atom. The lowest BCUT2D eigenvalue weighted by Gasteiger charge is -1.99. The largest absolute Gasteiger partial charge is 0.398 e. The third-order valence-electron chi connectivity index (χ3n) is 3.02. The van der Waals surface area contributed by atoms with Gasteiger partial charge < -0.3 is 10.3 Å². The third kappa shape index (κ3) is 2.96. The van der Waals surface area contributed by atoms with Gasteiger partial charge in [-0.1, -0.05) is 5.16 Å². The Kier molecular flexibility index (Phi) is 3.98. The number of hydrogen-bond donors (Lipinski definition) is 1. The molecule has 0 fully saturated rings. The monoisotopic (exact) mass is 361 g/mol. The van der Waals surface area contributed by atoms with Gasteiger partial charge in [0.25, 0.3) is 5.89 Å². The summed E-state index contributed by atoms with van der Waals surface area (Å²) in [5.74, 6) is 1.05. The number of nitrogens with zero attached hydrogens (tertiary/aromatic N) is 2. The number of nitrogens with two attached hydrogens (primary N) is 1. The molecule has 0 saturated heterocycles. The molecule has 0 atom stereocenters. The first-order chi connectivity index (χ1) is 10.2. The van der Waals surface area contributed by atoms with E-state index < -0.39 is 0 Å². The Labute approximate surface area is 134 Å². The minimum atomic E-state index is 0.472. The lowest BCUT2D eigenvalue weighted by molar-refractivity contribution is 0.432. The van der Waals surface area contributed by atoms with Gasteiger partial charge in [0.15, 0.2) is 0 Å². The van der Waals surface area contributed by atoms with Gasteiger partial charge in [-0.3, -0.25) is 0 Å². The number of aromatic nitrogens is 2. The van der Waals surface area contributed by atoms with Crippen molar-refractivity contribution in [2.24, 2.45) is 0 Å². The highest BCUT2D eigenvalue weighted by molar-refractivity contribution is 9.10. The zero-order chi connectivity index (χ0) is 14.8. The summed E-state index contributed by atoms with van der Waals surface area (Å²) >= 11 is 5.09. The van der Waals surface area contributed by atoms with Crippen LogP contribution < -0.4 is 5.73 Å². The quantitative estimate of drug-likeness (QED) is 0.550. The molecule has 6 heteroatoms. The van der Waals surface area contributed by atoms with Crippen LogP contribution in [-0.2, 0) is 0 Å². The molecule has 0 aliphatic rings. The summed E-state index contributed by atoms with van der Waals surface area (Å²) < 4.78 is 6.14. The van der Waals surface area contributed by atoms with Crippen LogP contribution in [-0.4, -0.2) is 16.4 Å². The molecule has 3 aromatic rings. The number of hydrogen-bond acceptors (Lipinski definition) is 5. The highest BCUT2D eigenvalue weighted by atomic mass is 79.9. The van der Waals surface area contributed by atoms with Gasteiger partial charge in [0, 0.05) is 26.2 Å². The average molecular weight is 362 g/mol. The number of rotatable bonds is 3. The minimum Gasteiger partial charge on any atom is -0.398 e. The molecule has 21 heavy (non-hydrogen) atoms. The predicted octanol–water partition coefficient (Wildman–Crippen LogP) is 4.47. The van der Waals surface area contributed by atoms with Crippen molar-refractivity contribution in [2.45, 2.75) is 4.90 Å². The van der Waals surface area contributed by atoms with Crippen molar-refractivity contribution in [3.8, 4) is 22.8 Å². The van der Waals surface area contributed by atoms with Gasteiger partial charge in [0.2, 0.25) is 5.82 Å². The van der Waals surface area contributed by atoms with E-state index in [2.05, 4.69) is 26.1 Å². The van der Waals surface area contributed by atoms with E-state index in [1.165, 1.54) is 4.90 Å². The molecule has 0 radical (unpaired) electrons. The Morgan fingerprint density at radius 2 is 1.81 bits per heavy atom. The molecule has 0 amide bonds. The van der Waals surface area contributed by atoms with E-state index in [1.807, 2.05) is 42.7 Å². The topological polar surface area (TPSA) is 64.9 Å². The Hall–Kier alpha value is -1.79. The number of anilines is 1. The summed E-state index contributed by atoms with van der Waals surface area (Å²) in [7, 11) is 0. The molecule has 0 bridgehead atoms. The van der Waals surface area contributed by atoms with Gasteiger partial charge in [-0.2, -0.15) is 4.98 Å². The van der Waals surface area contributed by atoms with E-state index in [4.69, 9.17) is 10.3 Å². The van der Waals surface area contributed by atoms with Gasteiger partial charge in [0.1, 0.15) is 0 Å². The van der Waals surface area contributed by atoms with Gasteiger partial charge in [-0.25, -0.2) is 0 Å². The van der Waals surface area contributed by atoms with Crippen LogP contribution in [0.1, 0.15) is 0 Å². The molecular formula is C15H12BrN3OS. The van der Waals surface area contributed by atoms with Crippen LogP contribution in [0, 0.1) is 0 Å². The van der Waals surface area contributed by atoms with Crippen LogP contribution in [0.5, 0.6) is 0 Å². The molecule has 0 spiro atoms. The molecule has 2 N–H and O–H groups in total. The SMILES string of the molecule is CSc1ccc(-c2noc(-c3ccc(N)c(Br)c3)n2)cc1. The van der Waals surface area contributed by atoms with Crippen molar-refractivity contribution in [1.82, 2.24) is 10.1 Å². The zero-order valence-electron chi connectivity index (χ0n) is 11.2. The maximum absolute atomic E-state index is 5.77. The predicted molar refractivity (Wildman–Crippen MR) is 89.1 cm³/mol. The lowest BCUT2D eigenvalue weighted by atomic mass is 10.2. The van der Waals surface area contributed by atoms with Crippen molar-refractivity contribution in [3.05, 3.63) is 46.9 Å². The Balaban J connectivity index is 1.93. The number of thioether (sulfide) groups is 1. The summed E-state index contributed by atoms with van der Waals surface area (Å²) in [6.45, 7) is 0. The first-order valence-corrected chi connectivity index (χ1v) is 8.22. The molecule has 2 aromatic carbocycles. The van der Waals surface area contributed by atoms with Crippen LogP contribution in [0.3, 0.4) is 0 Å². The summed E-state index contributed by atoms with van der Waals surface area (Å²) in [6.07, 6.45) is 2.04. The molecule has 3 rings (SSSR count). The highest BCUT2D eigenvalue weighted by Gasteiger charge is 2.11. The average Bonchev–Trinajstić information content (AvgIpc) is 3.00. The van der Waals surface area contributed by atoms with Crippen molar-refractivity contribution < 1.29 is 4.52 Å². The smallest absolute Gasteiger partial charge is 0.258 e. The normalized spacial score (nSPS) is 10.8. The van der Waals surface area contributed by atoms with Gasteiger partial charge >= 0.3 is 0 Å². The second kappa shape index (κ2) is 5.91. The van der Waals surface area contributed by atoms with Crippen molar-refractivity contribution >= 4 is 33.4 Å². The van der Waals surface area contributed by atoms with Crippen LogP contribution in [0.4, 0.5) is 5.69 Å². The summed E-state index contributed by atoms with van der Waals surface area (Å²) in [6, 6.07) is 13.6. The maximum Gasteiger partial charge on any atom is 0.258 e. The number of benzene rings is 2. The van der Waals surface area contributed by atoms with Crippen LogP contribution in [0.2, 0.25) is 0 Å². The molecule has 0 unspecified atom stereocenters. The summed E-state index contributed by atoms with van der Waals surface area (Å²) in [4.78, 5) is 5.63. The summed E-state index contributed by atoms with van der Waals surface area (Å²) in [5.41, 5.74) is 8.20. The van der Waals surface area contributed by atoms with Crippen LogP contribution in [0.25, 0.3) is 22.8 Å². The fourth-order valence-electron chi connectivity index (χ4n) is 1.86. The van der Waals surface area contributed by atoms with Crippen molar-refractivity contribution in [2.75, 3.05) is 12.0 Å². The second-order valence-electron chi connectivity index (χ2n) is 4.39. The van der Waals surface area contributed by atoms with E-state index in [-0.39, 0.29) is 0 Å². The van der Waals surface area contributed by atoms with E-state index in [0.29, 0.717) is 17.4 Å². The number of nitrogen functional groups attached to an aromatic ring is 1. The van der Waals surface area contributed by atoms with Crippen LogP contribution >= 0.6 is 27.7 Å². The summed E-state index contributed by atoms with van der Waals surface area (Å²) in [5, 5.41) is 4.03. The standard InChI is InChI=1S/C15H12BrN3OS/c1-21-11-5-2-9(3-6-11)14-18-15(20-19-14)10-4-7-13(17)12(16)8-10/h2-8H,17H2,1H3. The van der Waals surface area contributed by atoms with Gasteiger partial charge in [0.05, 0.1) is 0 Å². The van der Waals surface area contributed by atoms with E-state index in [1.54, 1.807) is 17.8 Å². The van der Waals surface area contributed by atoms with E-state index in [9.17, 15) is 0 Å². The molecule has 1 heterocycles. The zero-order valence-corrected chi connectivity index (χ0v) is 13.6. The number of halogens is 1. The fourth-order valence-corrected chi connectivity index (χ4v) is 2.65. The first kappa shape index (κ1) is 14.2. The minimum absolute atomic E-state index is 0.472. The molecule has 0 aliphatic carbocycles. The Morgan fingerprint density at radius 1 is 1.10 bits per heavy atom. The first-order valence-electron chi connectivity index (χ1n) is 6.21. The Bertz CT molecular complexity index is 771.